The van der Waals surface area contributed by atoms with Gasteiger partial charge in [-0.05, 0) is 36.8 Å². The maximum absolute atomic E-state index is 5.96. The Kier molecular flexibility index (Phi) is 4.18. The van der Waals surface area contributed by atoms with Crippen molar-refractivity contribution >= 4 is 11.3 Å². The first kappa shape index (κ1) is 11.1. The summed E-state index contributed by atoms with van der Waals surface area (Å²) in [5.74, 6) is 0.582. The minimum absolute atomic E-state index is 0.394. The third-order valence-corrected chi connectivity index (χ3v) is 4.01. The molecule has 0 radical (unpaired) electrons. The van der Waals surface area contributed by atoms with Crippen molar-refractivity contribution in [1.82, 2.24) is 0 Å². The molecule has 1 aliphatic rings. The van der Waals surface area contributed by atoms with Crippen LogP contribution in [0.5, 0.6) is 0 Å². The topological polar surface area (TPSA) is 35.2 Å². The number of ether oxygens (including phenoxy) is 1. The van der Waals surface area contributed by atoms with Gasteiger partial charge in [-0.3, -0.25) is 0 Å². The molecule has 0 aliphatic heterocycles. The highest BCUT2D eigenvalue weighted by Gasteiger charge is 2.24. The van der Waals surface area contributed by atoms with Crippen LogP contribution in [0.15, 0.2) is 17.5 Å². The fraction of sp³-hybridized carbons (Fsp3) is 0.667. The van der Waals surface area contributed by atoms with Gasteiger partial charge in [-0.2, -0.15) is 0 Å². The molecule has 2 unspecified atom stereocenters. The molecule has 2 nitrogen and oxygen atoms in total. The highest BCUT2D eigenvalue weighted by atomic mass is 32.1. The monoisotopic (exact) mass is 225 g/mol. The van der Waals surface area contributed by atoms with Crippen molar-refractivity contribution in [3.05, 3.63) is 22.4 Å². The highest BCUT2D eigenvalue weighted by molar-refractivity contribution is 7.09. The van der Waals surface area contributed by atoms with Gasteiger partial charge in [0.25, 0.3) is 0 Å². The SMILES string of the molecule is NCC1CCCCC1OCc1cccs1. The van der Waals surface area contributed by atoms with E-state index in [-0.39, 0.29) is 0 Å². The lowest BCUT2D eigenvalue weighted by molar-refractivity contribution is -0.0171. The van der Waals surface area contributed by atoms with Crippen LogP contribution < -0.4 is 5.73 Å². The predicted octanol–water partition coefficient (Wildman–Crippen LogP) is 2.78. The van der Waals surface area contributed by atoms with Crippen LogP contribution in [0.1, 0.15) is 30.6 Å². The van der Waals surface area contributed by atoms with E-state index in [0.717, 1.165) is 13.2 Å². The zero-order valence-electron chi connectivity index (χ0n) is 9.02. The molecule has 0 spiro atoms. The minimum Gasteiger partial charge on any atom is -0.372 e. The van der Waals surface area contributed by atoms with E-state index in [0.29, 0.717) is 12.0 Å². The third kappa shape index (κ3) is 3.03. The van der Waals surface area contributed by atoms with E-state index in [4.69, 9.17) is 10.5 Å². The van der Waals surface area contributed by atoms with Gasteiger partial charge in [-0.25, -0.2) is 0 Å². The van der Waals surface area contributed by atoms with Crippen LogP contribution in [0.4, 0.5) is 0 Å². The van der Waals surface area contributed by atoms with Gasteiger partial charge in [0.05, 0.1) is 12.7 Å². The first-order valence-electron chi connectivity index (χ1n) is 5.74. The molecule has 15 heavy (non-hydrogen) atoms. The number of nitrogens with two attached hydrogens (primary N) is 1. The average molecular weight is 225 g/mol. The average Bonchev–Trinajstić information content (AvgIpc) is 2.79. The summed E-state index contributed by atoms with van der Waals surface area (Å²) in [7, 11) is 0. The second kappa shape index (κ2) is 5.64. The summed E-state index contributed by atoms with van der Waals surface area (Å²) in [4.78, 5) is 1.32. The van der Waals surface area contributed by atoms with Crippen LogP contribution >= 0.6 is 11.3 Å². The molecule has 2 N–H and O–H groups in total. The predicted molar refractivity (Wildman–Crippen MR) is 63.9 cm³/mol. The van der Waals surface area contributed by atoms with Crippen molar-refractivity contribution in [3.63, 3.8) is 0 Å². The Labute approximate surface area is 95.4 Å². The number of hydrogen-bond donors (Lipinski definition) is 1. The summed E-state index contributed by atoms with van der Waals surface area (Å²) in [5.41, 5.74) is 5.77. The van der Waals surface area contributed by atoms with Gasteiger partial charge in [-0.1, -0.05) is 18.9 Å². The van der Waals surface area contributed by atoms with Crippen LogP contribution in [-0.4, -0.2) is 12.6 Å². The number of thiophene rings is 1. The molecule has 0 bridgehead atoms. The normalized spacial score (nSPS) is 26.7. The summed E-state index contributed by atoms with van der Waals surface area (Å²) in [5, 5.41) is 2.10. The van der Waals surface area contributed by atoms with Crippen molar-refractivity contribution in [2.75, 3.05) is 6.54 Å². The largest absolute Gasteiger partial charge is 0.372 e. The maximum atomic E-state index is 5.96. The van der Waals surface area contributed by atoms with Gasteiger partial charge < -0.3 is 10.5 Å². The van der Waals surface area contributed by atoms with Gasteiger partial charge in [0.1, 0.15) is 0 Å². The quantitative estimate of drug-likeness (QED) is 0.855. The van der Waals surface area contributed by atoms with Gasteiger partial charge in [0.15, 0.2) is 0 Å². The van der Waals surface area contributed by atoms with Crippen LogP contribution in [0.3, 0.4) is 0 Å². The zero-order valence-corrected chi connectivity index (χ0v) is 9.84. The molecule has 1 fully saturated rings. The summed E-state index contributed by atoms with van der Waals surface area (Å²) in [6, 6.07) is 4.20. The maximum Gasteiger partial charge on any atom is 0.0813 e. The van der Waals surface area contributed by atoms with E-state index in [1.807, 2.05) is 0 Å². The van der Waals surface area contributed by atoms with Gasteiger partial charge >= 0.3 is 0 Å². The summed E-state index contributed by atoms with van der Waals surface area (Å²) < 4.78 is 5.96. The summed E-state index contributed by atoms with van der Waals surface area (Å²) in [6.07, 6.45) is 5.44. The minimum atomic E-state index is 0.394. The van der Waals surface area contributed by atoms with Gasteiger partial charge in [0.2, 0.25) is 0 Å². The van der Waals surface area contributed by atoms with Crippen molar-refractivity contribution < 1.29 is 4.74 Å². The van der Waals surface area contributed by atoms with E-state index in [1.165, 1.54) is 30.6 Å². The van der Waals surface area contributed by atoms with Crippen molar-refractivity contribution in [2.24, 2.45) is 11.7 Å². The first-order valence-corrected chi connectivity index (χ1v) is 6.62. The zero-order chi connectivity index (χ0) is 10.5. The van der Waals surface area contributed by atoms with E-state index in [1.54, 1.807) is 11.3 Å². The Balaban J connectivity index is 1.81. The van der Waals surface area contributed by atoms with E-state index >= 15 is 0 Å². The lowest BCUT2D eigenvalue weighted by Gasteiger charge is -2.30. The molecule has 0 amide bonds. The lowest BCUT2D eigenvalue weighted by Crippen LogP contribution is -2.32. The molecule has 1 heterocycles. The fourth-order valence-electron chi connectivity index (χ4n) is 2.25. The molecule has 0 aromatic carbocycles. The van der Waals surface area contributed by atoms with Crippen LogP contribution in [0, 0.1) is 5.92 Å². The molecule has 84 valence electrons. The molecule has 2 rings (SSSR count). The molecule has 1 aliphatic carbocycles. The first-order chi connectivity index (χ1) is 7.40. The molecule has 1 saturated carbocycles. The Morgan fingerprint density at radius 2 is 2.27 bits per heavy atom. The molecule has 1 aromatic rings. The molecule has 3 heteroatoms. The smallest absolute Gasteiger partial charge is 0.0813 e. The molecular formula is C12H19NOS. The second-order valence-electron chi connectivity index (χ2n) is 4.21. The molecule has 0 saturated heterocycles. The highest BCUT2D eigenvalue weighted by Crippen LogP contribution is 2.27. The lowest BCUT2D eigenvalue weighted by atomic mass is 9.86. The Hall–Kier alpha value is -0.380. The standard InChI is InChI=1S/C12H19NOS/c13-8-10-4-1-2-6-12(10)14-9-11-5-3-7-15-11/h3,5,7,10,12H,1-2,4,6,8-9,13H2. The van der Waals surface area contributed by atoms with Crippen LogP contribution in [-0.2, 0) is 11.3 Å². The van der Waals surface area contributed by atoms with Crippen LogP contribution in [0.25, 0.3) is 0 Å². The second-order valence-corrected chi connectivity index (χ2v) is 5.24. The number of rotatable bonds is 4. The molecule has 2 atom stereocenters. The van der Waals surface area contributed by atoms with Crippen molar-refractivity contribution in [1.29, 1.82) is 0 Å². The third-order valence-electron chi connectivity index (χ3n) is 3.16. The van der Waals surface area contributed by atoms with E-state index in [9.17, 15) is 0 Å². The molecular weight excluding hydrogens is 206 g/mol. The fourth-order valence-corrected chi connectivity index (χ4v) is 2.87. The summed E-state index contributed by atoms with van der Waals surface area (Å²) in [6.45, 7) is 1.54. The van der Waals surface area contributed by atoms with Crippen molar-refractivity contribution in [2.45, 2.75) is 38.4 Å². The Morgan fingerprint density at radius 1 is 1.40 bits per heavy atom. The van der Waals surface area contributed by atoms with Gasteiger partial charge in [-0.15, -0.1) is 11.3 Å². The Morgan fingerprint density at radius 3 is 3.00 bits per heavy atom. The molecule has 1 aromatic heterocycles. The van der Waals surface area contributed by atoms with Gasteiger partial charge in [0, 0.05) is 4.88 Å². The van der Waals surface area contributed by atoms with Crippen LogP contribution in [0.2, 0.25) is 0 Å². The van der Waals surface area contributed by atoms with E-state index < -0.39 is 0 Å². The van der Waals surface area contributed by atoms with Crippen molar-refractivity contribution in [3.8, 4) is 0 Å². The summed E-state index contributed by atoms with van der Waals surface area (Å²) >= 11 is 1.76. The van der Waals surface area contributed by atoms with E-state index in [2.05, 4.69) is 17.5 Å². The Bertz CT molecular complexity index is 273. The number of hydrogen-bond acceptors (Lipinski definition) is 3.